The van der Waals surface area contributed by atoms with E-state index in [0.29, 0.717) is 13.0 Å². The fraction of sp³-hybridized carbons (Fsp3) is 0.464. The zero-order chi connectivity index (χ0) is 26.7. The van der Waals surface area contributed by atoms with Crippen LogP contribution in [0.2, 0.25) is 0 Å². The number of hydrogen-bond donors (Lipinski definition) is 0. The molecule has 0 spiro atoms. The van der Waals surface area contributed by atoms with Crippen molar-refractivity contribution >= 4 is 13.6 Å². The molecule has 202 valence electrons. The molecule has 0 aromatic heterocycles. The molecule has 37 heavy (non-hydrogen) atoms. The number of hydrogen-bond acceptors (Lipinski definition) is 8. The van der Waals surface area contributed by atoms with E-state index in [2.05, 4.69) is 0 Å². The SMILES string of the molecule is CCOP(=O)(OCC)C1=C(OC(C)=O)[C@@H](OCc2ccccc2)[C@@H](COCc2ccccc2)O[C@@H]1CC. The first kappa shape index (κ1) is 29.2. The summed E-state index contributed by atoms with van der Waals surface area (Å²) in [6.45, 7) is 7.68. The van der Waals surface area contributed by atoms with E-state index in [1.165, 1.54) is 6.92 Å². The minimum Gasteiger partial charge on any atom is -0.428 e. The fourth-order valence-corrected chi connectivity index (χ4v) is 6.21. The van der Waals surface area contributed by atoms with E-state index in [1.54, 1.807) is 13.8 Å². The summed E-state index contributed by atoms with van der Waals surface area (Å²) in [4.78, 5) is 12.3. The van der Waals surface area contributed by atoms with Crippen molar-refractivity contribution in [1.82, 2.24) is 0 Å². The third kappa shape index (κ3) is 8.08. The highest BCUT2D eigenvalue weighted by Gasteiger charge is 2.48. The average molecular weight is 533 g/mol. The topological polar surface area (TPSA) is 89.5 Å². The van der Waals surface area contributed by atoms with Crippen LogP contribution in [0.25, 0.3) is 0 Å². The van der Waals surface area contributed by atoms with E-state index in [0.717, 1.165) is 11.1 Å². The van der Waals surface area contributed by atoms with Crippen LogP contribution in [0.3, 0.4) is 0 Å². The van der Waals surface area contributed by atoms with Crippen molar-refractivity contribution in [2.24, 2.45) is 0 Å². The van der Waals surface area contributed by atoms with E-state index in [-0.39, 0.29) is 37.5 Å². The number of esters is 1. The summed E-state index contributed by atoms with van der Waals surface area (Å²) in [6.07, 6.45) is -1.75. The molecule has 0 bridgehead atoms. The van der Waals surface area contributed by atoms with Crippen molar-refractivity contribution in [3.8, 4) is 0 Å². The lowest BCUT2D eigenvalue weighted by Gasteiger charge is -2.39. The highest BCUT2D eigenvalue weighted by Crippen LogP contribution is 2.61. The van der Waals surface area contributed by atoms with Gasteiger partial charge in [0, 0.05) is 6.92 Å². The summed E-state index contributed by atoms with van der Waals surface area (Å²) >= 11 is 0. The van der Waals surface area contributed by atoms with Crippen molar-refractivity contribution in [2.75, 3.05) is 19.8 Å². The monoisotopic (exact) mass is 532 g/mol. The minimum atomic E-state index is -3.86. The zero-order valence-corrected chi connectivity index (χ0v) is 22.9. The molecule has 0 aliphatic carbocycles. The number of benzene rings is 2. The van der Waals surface area contributed by atoms with Crippen LogP contribution in [0, 0.1) is 0 Å². The largest absolute Gasteiger partial charge is 0.428 e. The van der Waals surface area contributed by atoms with E-state index >= 15 is 0 Å². The standard InChI is InChI=1S/C28H37O8P/c1-5-24-28(37(30,33-6-2)34-7-3)27(35-21(4)29)26(32-19-23-16-12-9-13-17-23)25(36-24)20-31-18-22-14-10-8-11-15-22/h8-17,24-26H,5-7,18-20H2,1-4H3/t24-,25-,26+/m1/s1. The maximum Gasteiger partial charge on any atom is 0.363 e. The fourth-order valence-electron chi connectivity index (χ4n) is 4.14. The first-order chi connectivity index (χ1) is 17.9. The molecular weight excluding hydrogens is 495 g/mol. The van der Waals surface area contributed by atoms with Crippen LogP contribution >= 0.6 is 7.60 Å². The van der Waals surface area contributed by atoms with Crippen LogP contribution in [-0.2, 0) is 50.6 Å². The smallest absolute Gasteiger partial charge is 0.363 e. The summed E-state index contributed by atoms with van der Waals surface area (Å²) in [5.41, 5.74) is 1.94. The van der Waals surface area contributed by atoms with Crippen LogP contribution in [-0.4, -0.2) is 44.1 Å². The van der Waals surface area contributed by atoms with Gasteiger partial charge in [-0.05, 0) is 31.4 Å². The van der Waals surface area contributed by atoms with Crippen molar-refractivity contribution in [3.05, 3.63) is 82.9 Å². The second-order valence-electron chi connectivity index (χ2n) is 8.47. The second-order valence-corrected chi connectivity index (χ2v) is 10.5. The first-order valence-electron chi connectivity index (χ1n) is 12.7. The van der Waals surface area contributed by atoms with Gasteiger partial charge in [0.1, 0.15) is 17.5 Å². The van der Waals surface area contributed by atoms with Gasteiger partial charge in [0.2, 0.25) is 0 Å². The highest BCUT2D eigenvalue weighted by molar-refractivity contribution is 7.58. The third-order valence-corrected chi connectivity index (χ3v) is 7.97. The van der Waals surface area contributed by atoms with Crippen LogP contribution in [0.4, 0.5) is 0 Å². The molecular formula is C28H37O8P. The van der Waals surface area contributed by atoms with Crippen molar-refractivity contribution in [1.29, 1.82) is 0 Å². The van der Waals surface area contributed by atoms with Gasteiger partial charge < -0.3 is 28.0 Å². The molecule has 0 saturated heterocycles. The lowest BCUT2D eigenvalue weighted by molar-refractivity contribution is -0.156. The molecule has 0 saturated carbocycles. The molecule has 0 fully saturated rings. The summed E-state index contributed by atoms with van der Waals surface area (Å²) in [5.74, 6) is -0.457. The van der Waals surface area contributed by atoms with Crippen molar-refractivity contribution in [2.45, 2.75) is 65.6 Å². The maximum absolute atomic E-state index is 14.0. The van der Waals surface area contributed by atoms with Crippen LogP contribution in [0.1, 0.15) is 45.2 Å². The Hall–Kier alpha value is -2.32. The lowest BCUT2D eigenvalue weighted by Crippen LogP contribution is -2.46. The van der Waals surface area contributed by atoms with Gasteiger partial charge in [-0.15, -0.1) is 0 Å². The van der Waals surface area contributed by atoms with Gasteiger partial charge in [0.15, 0.2) is 5.76 Å². The van der Waals surface area contributed by atoms with Crippen LogP contribution < -0.4 is 0 Å². The Morgan fingerprint density at radius 1 is 0.892 bits per heavy atom. The molecule has 1 aliphatic rings. The Morgan fingerprint density at radius 2 is 1.46 bits per heavy atom. The van der Waals surface area contributed by atoms with Gasteiger partial charge in [0.05, 0.1) is 39.1 Å². The van der Waals surface area contributed by atoms with Crippen LogP contribution in [0.5, 0.6) is 0 Å². The summed E-state index contributed by atoms with van der Waals surface area (Å²) in [5, 5.41) is 0.186. The minimum absolute atomic E-state index is 0.111. The quantitative estimate of drug-likeness (QED) is 0.216. The average Bonchev–Trinajstić information content (AvgIpc) is 2.89. The van der Waals surface area contributed by atoms with E-state index in [9.17, 15) is 9.36 Å². The summed E-state index contributed by atoms with van der Waals surface area (Å²) in [7, 11) is -3.86. The van der Waals surface area contributed by atoms with Crippen LogP contribution in [0.15, 0.2) is 71.7 Å². The first-order valence-corrected chi connectivity index (χ1v) is 14.2. The number of ether oxygens (including phenoxy) is 4. The summed E-state index contributed by atoms with van der Waals surface area (Å²) < 4.78 is 49.7. The zero-order valence-electron chi connectivity index (χ0n) is 22.0. The Kier molecular flexibility index (Phi) is 11.5. The second kappa shape index (κ2) is 14.6. The molecule has 8 nitrogen and oxygen atoms in total. The van der Waals surface area contributed by atoms with E-state index < -0.39 is 31.9 Å². The molecule has 1 heterocycles. The van der Waals surface area contributed by atoms with E-state index in [1.807, 2.05) is 67.6 Å². The molecule has 2 aromatic carbocycles. The predicted molar refractivity (Wildman–Crippen MR) is 140 cm³/mol. The van der Waals surface area contributed by atoms with E-state index in [4.69, 9.17) is 28.0 Å². The Bertz CT molecular complexity index is 1050. The van der Waals surface area contributed by atoms with Gasteiger partial charge in [-0.2, -0.15) is 0 Å². The predicted octanol–water partition coefficient (Wildman–Crippen LogP) is 6.01. The summed E-state index contributed by atoms with van der Waals surface area (Å²) in [6, 6.07) is 19.4. The molecule has 3 rings (SSSR count). The highest BCUT2D eigenvalue weighted by atomic mass is 31.2. The number of rotatable bonds is 14. The van der Waals surface area contributed by atoms with Gasteiger partial charge in [0.25, 0.3) is 0 Å². The number of carbonyl (C=O) groups is 1. The van der Waals surface area contributed by atoms with Gasteiger partial charge >= 0.3 is 13.6 Å². The van der Waals surface area contributed by atoms with Gasteiger partial charge in [-0.25, -0.2) is 0 Å². The molecule has 9 heteroatoms. The Balaban J connectivity index is 2.00. The Labute approximate surface area is 219 Å². The molecule has 3 atom stereocenters. The Morgan fingerprint density at radius 3 is 1.97 bits per heavy atom. The molecule has 2 aromatic rings. The molecule has 1 aliphatic heterocycles. The van der Waals surface area contributed by atoms with Crippen molar-refractivity contribution in [3.63, 3.8) is 0 Å². The molecule has 0 amide bonds. The molecule has 0 radical (unpaired) electrons. The molecule has 0 unspecified atom stereocenters. The molecule has 0 N–H and O–H groups in total. The normalized spacial score (nSPS) is 20.2. The van der Waals surface area contributed by atoms with Gasteiger partial charge in [-0.3, -0.25) is 9.36 Å². The lowest BCUT2D eigenvalue weighted by atomic mass is 10.0. The third-order valence-electron chi connectivity index (χ3n) is 5.68. The number of carbonyl (C=O) groups excluding carboxylic acids is 1. The van der Waals surface area contributed by atoms with Crippen molar-refractivity contribution < 1.29 is 37.4 Å². The van der Waals surface area contributed by atoms with Gasteiger partial charge in [-0.1, -0.05) is 67.6 Å². The maximum atomic E-state index is 14.0.